The van der Waals surface area contributed by atoms with Crippen LogP contribution in [0.3, 0.4) is 0 Å². The molecule has 11 nitrogen and oxygen atoms in total. The van der Waals surface area contributed by atoms with Crippen molar-refractivity contribution in [2.75, 3.05) is 47.5 Å². The molecule has 0 aromatic carbocycles. The minimum atomic E-state index is -4.44. The highest BCUT2D eigenvalue weighted by Gasteiger charge is 2.28. The Bertz CT molecular complexity index is 1350. The molecular weight excluding hydrogens is 781 g/mol. The maximum Gasteiger partial charge on any atom is 0.472 e. The van der Waals surface area contributed by atoms with Crippen molar-refractivity contribution in [1.29, 1.82) is 0 Å². The Morgan fingerprint density at radius 1 is 0.767 bits per heavy atom. The van der Waals surface area contributed by atoms with Crippen LogP contribution in [0.1, 0.15) is 155 Å². The molecule has 0 saturated heterocycles. The fourth-order valence-electron chi connectivity index (χ4n) is 6.50. The Hall–Kier alpha value is -2.66. The number of ketones is 1. The molecule has 1 rings (SSSR count). The van der Waals surface area contributed by atoms with E-state index in [4.69, 9.17) is 18.5 Å². The predicted molar refractivity (Wildman–Crippen MR) is 242 cm³/mol. The molecule has 0 heterocycles. The second-order valence-electron chi connectivity index (χ2n) is 17.1. The van der Waals surface area contributed by atoms with E-state index in [-0.39, 0.29) is 43.7 Å². The van der Waals surface area contributed by atoms with Crippen molar-refractivity contribution < 1.29 is 52.0 Å². The van der Waals surface area contributed by atoms with Gasteiger partial charge >= 0.3 is 19.8 Å². The summed E-state index contributed by atoms with van der Waals surface area (Å²) >= 11 is 0. The van der Waals surface area contributed by atoms with Crippen molar-refractivity contribution in [3.05, 3.63) is 60.8 Å². The van der Waals surface area contributed by atoms with Gasteiger partial charge in [-0.2, -0.15) is 0 Å². The van der Waals surface area contributed by atoms with E-state index in [0.717, 1.165) is 51.4 Å². The predicted octanol–water partition coefficient (Wildman–Crippen LogP) is 10.9. The molecule has 1 aliphatic carbocycles. The van der Waals surface area contributed by atoms with Gasteiger partial charge in [-0.15, -0.1) is 0 Å². The number of likely N-dealkylation sites (N-methyl/N-ethyl adjacent to an activating group) is 1. The number of unbranched alkanes of at least 4 members (excludes halogenated alkanes) is 13. The summed E-state index contributed by atoms with van der Waals surface area (Å²) in [6, 6.07) is 0. The zero-order chi connectivity index (χ0) is 44.3. The van der Waals surface area contributed by atoms with Crippen molar-refractivity contribution in [3.8, 4) is 0 Å². The van der Waals surface area contributed by atoms with Crippen LogP contribution in [-0.2, 0) is 37.5 Å². The summed E-state index contributed by atoms with van der Waals surface area (Å²) in [6.45, 7) is 4.04. The highest BCUT2D eigenvalue weighted by atomic mass is 31.2. The topological polar surface area (TPSA) is 146 Å². The molecule has 2 N–H and O–H groups in total. The van der Waals surface area contributed by atoms with Crippen LogP contribution in [0, 0.1) is 11.8 Å². The van der Waals surface area contributed by atoms with E-state index in [1.807, 2.05) is 45.4 Å². The van der Waals surface area contributed by atoms with Crippen LogP contribution in [0.2, 0.25) is 0 Å². The number of hydrogen-bond acceptors (Lipinski definition) is 9. The largest absolute Gasteiger partial charge is 0.472 e. The number of phosphoric acid groups is 1. The van der Waals surface area contributed by atoms with Crippen LogP contribution in [-0.4, -0.2) is 91.9 Å². The van der Waals surface area contributed by atoms with E-state index in [1.165, 1.54) is 44.9 Å². The van der Waals surface area contributed by atoms with E-state index >= 15 is 0 Å². The standard InChI is InChI=1S/C48H82NO10P/c1-6-8-10-11-12-13-14-15-16-17-18-19-20-21-22-23-28-32-47(52)56-40-44(41-58-60(54,55)57-39-38-49(3,4)5)59-48(53)33-29-25-24-27-30-42-34-37-46(51)45(42)36-35-43(50)31-26-9-7-2/h12-13,15-16,24,27,34-37,42-45,50H,6-11,14,17-23,25-26,28-33,38-41H2,1-5H3/p+1/b13-12-,16-15-,27-24-,36-35+/t42-,43-,44+,45+/m0/s1. The van der Waals surface area contributed by atoms with Crippen molar-refractivity contribution in [2.45, 2.75) is 167 Å². The average molecular weight is 865 g/mol. The van der Waals surface area contributed by atoms with Gasteiger partial charge in [-0.25, -0.2) is 4.57 Å². The zero-order valence-electron chi connectivity index (χ0n) is 38.0. The number of rotatable bonds is 38. The molecule has 0 aliphatic heterocycles. The first-order valence-corrected chi connectivity index (χ1v) is 24.6. The molecule has 0 bridgehead atoms. The number of carbonyl (C=O) groups is 3. The second-order valence-corrected chi connectivity index (χ2v) is 18.5. The van der Waals surface area contributed by atoms with Crippen molar-refractivity contribution in [1.82, 2.24) is 0 Å². The summed E-state index contributed by atoms with van der Waals surface area (Å²) in [5.41, 5.74) is 0. The monoisotopic (exact) mass is 865 g/mol. The molecule has 0 saturated carbocycles. The number of esters is 2. The Morgan fingerprint density at radius 2 is 1.37 bits per heavy atom. The molecule has 344 valence electrons. The number of aliphatic hydroxyl groups is 1. The first kappa shape index (κ1) is 55.4. The smallest absolute Gasteiger partial charge is 0.462 e. The molecule has 0 radical (unpaired) electrons. The number of quaternary nitrogens is 1. The lowest BCUT2D eigenvalue weighted by atomic mass is 9.90. The molecule has 60 heavy (non-hydrogen) atoms. The minimum Gasteiger partial charge on any atom is -0.462 e. The SMILES string of the molecule is CCCCC/C=C\C/C=C\CCCCCCCCCC(=O)OC[C@H](COP(=O)(O)OCC[N+](C)(C)C)OC(=O)CCC/C=C\C[C@H]1C=CC(=O)[C@@H]1/C=C/[C@@H](O)CCCCC. The summed E-state index contributed by atoms with van der Waals surface area (Å²) in [7, 11) is 1.34. The minimum absolute atomic E-state index is 0.00804. The molecular formula is C48H83NO10P+. The Balaban J connectivity index is 2.45. The maximum atomic E-state index is 12.8. The highest BCUT2D eigenvalue weighted by molar-refractivity contribution is 7.47. The maximum absolute atomic E-state index is 12.8. The highest BCUT2D eigenvalue weighted by Crippen LogP contribution is 2.43. The summed E-state index contributed by atoms with van der Waals surface area (Å²) in [5, 5.41) is 10.2. The lowest BCUT2D eigenvalue weighted by Crippen LogP contribution is -2.37. The first-order chi connectivity index (χ1) is 28.8. The molecule has 1 unspecified atom stereocenters. The van der Waals surface area contributed by atoms with Gasteiger partial charge in [0.2, 0.25) is 0 Å². The van der Waals surface area contributed by atoms with Gasteiger partial charge in [-0.3, -0.25) is 23.4 Å². The third kappa shape index (κ3) is 32.1. The Kier molecular flexibility index (Phi) is 32.2. The van der Waals surface area contributed by atoms with Crippen LogP contribution in [0.5, 0.6) is 0 Å². The van der Waals surface area contributed by atoms with Crippen molar-refractivity contribution in [3.63, 3.8) is 0 Å². The van der Waals surface area contributed by atoms with Crippen LogP contribution in [0.4, 0.5) is 0 Å². The van der Waals surface area contributed by atoms with Crippen LogP contribution >= 0.6 is 7.82 Å². The van der Waals surface area contributed by atoms with E-state index in [2.05, 4.69) is 38.2 Å². The van der Waals surface area contributed by atoms with Gasteiger partial charge in [0.25, 0.3) is 0 Å². The third-order valence-corrected chi connectivity index (χ3v) is 11.3. The van der Waals surface area contributed by atoms with Crippen LogP contribution in [0.15, 0.2) is 60.8 Å². The van der Waals surface area contributed by atoms with Crippen LogP contribution < -0.4 is 0 Å². The molecule has 0 spiro atoms. The molecule has 1 aliphatic rings. The number of hydrogen-bond donors (Lipinski definition) is 2. The van der Waals surface area contributed by atoms with Crippen molar-refractivity contribution in [2.24, 2.45) is 11.8 Å². The van der Waals surface area contributed by atoms with Gasteiger partial charge in [0.1, 0.15) is 19.8 Å². The number of aliphatic hydroxyl groups excluding tert-OH is 1. The molecule has 0 aromatic heterocycles. The molecule has 0 fully saturated rings. The van der Waals surface area contributed by atoms with E-state index < -0.39 is 38.6 Å². The number of allylic oxidation sites excluding steroid dienone is 9. The molecule has 0 amide bonds. The first-order valence-electron chi connectivity index (χ1n) is 23.1. The summed E-state index contributed by atoms with van der Waals surface area (Å²) in [4.78, 5) is 48.0. The quantitative estimate of drug-likeness (QED) is 0.0202. The van der Waals surface area contributed by atoms with E-state index in [9.17, 15) is 28.9 Å². The lowest BCUT2D eigenvalue weighted by molar-refractivity contribution is -0.870. The van der Waals surface area contributed by atoms with Gasteiger partial charge in [0.15, 0.2) is 11.9 Å². The van der Waals surface area contributed by atoms with E-state index in [1.54, 1.807) is 12.2 Å². The Morgan fingerprint density at radius 3 is 2.05 bits per heavy atom. The second kappa shape index (κ2) is 34.9. The zero-order valence-corrected chi connectivity index (χ0v) is 38.9. The summed E-state index contributed by atoms with van der Waals surface area (Å²) < 4.78 is 34.3. The van der Waals surface area contributed by atoms with Gasteiger partial charge in [-0.1, -0.05) is 133 Å². The normalized spacial score (nSPS) is 18.0. The summed E-state index contributed by atoms with van der Waals surface area (Å²) in [5.74, 6) is -1.19. The Labute approximate surface area is 363 Å². The number of phosphoric ester groups is 1. The molecule has 0 aromatic rings. The molecule has 12 heteroatoms. The van der Waals surface area contributed by atoms with Gasteiger partial charge in [-0.05, 0) is 76.2 Å². The number of ether oxygens (including phenoxy) is 2. The van der Waals surface area contributed by atoms with Gasteiger partial charge in [0, 0.05) is 18.8 Å². The van der Waals surface area contributed by atoms with Gasteiger partial charge < -0.3 is 24.0 Å². The molecule has 5 atom stereocenters. The summed E-state index contributed by atoms with van der Waals surface area (Å²) in [6.07, 6.45) is 38.9. The number of carbonyl (C=O) groups excluding carboxylic acids is 3. The van der Waals surface area contributed by atoms with E-state index in [0.29, 0.717) is 43.1 Å². The third-order valence-electron chi connectivity index (χ3n) is 10.3. The average Bonchev–Trinajstić information content (AvgIpc) is 3.55. The fourth-order valence-corrected chi connectivity index (χ4v) is 7.25. The van der Waals surface area contributed by atoms with Gasteiger partial charge in [0.05, 0.1) is 33.9 Å². The lowest BCUT2D eigenvalue weighted by Gasteiger charge is -2.24. The van der Waals surface area contributed by atoms with Crippen molar-refractivity contribution >= 4 is 25.5 Å². The van der Waals surface area contributed by atoms with Crippen LogP contribution in [0.25, 0.3) is 0 Å². The number of nitrogens with zero attached hydrogens (tertiary/aromatic N) is 1. The fraction of sp³-hybridized carbons (Fsp3) is 0.729.